The maximum atomic E-state index is 12.1. The molecule has 0 fully saturated rings. The molecule has 124 valence electrons. The van der Waals surface area contributed by atoms with Gasteiger partial charge in [0.1, 0.15) is 4.90 Å². The Morgan fingerprint density at radius 1 is 1.14 bits per heavy atom. The summed E-state index contributed by atoms with van der Waals surface area (Å²) in [4.78, 5) is 11.4. The van der Waals surface area contributed by atoms with E-state index < -0.39 is 10.0 Å². The van der Waals surface area contributed by atoms with Crippen molar-refractivity contribution in [3.05, 3.63) is 28.2 Å². The number of benzene rings is 1. The second-order valence-electron chi connectivity index (χ2n) is 4.40. The molecular weight excluding hydrogens is 349 g/mol. The Labute approximate surface area is 140 Å². The number of likely N-dealkylation sites (N-methyl/N-ethyl adjacent to an activating group) is 1. The summed E-state index contributed by atoms with van der Waals surface area (Å²) in [6, 6.07) is 4.44. The zero-order valence-corrected chi connectivity index (χ0v) is 14.5. The van der Waals surface area contributed by atoms with E-state index in [1.54, 1.807) is 6.07 Å². The first-order chi connectivity index (χ1) is 10.4. The minimum atomic E-state index is -3.85. The van der Waals surface area contributed by atoms with Crippen molar-refractivity contribution in [3.63, 3.8) is 0 Å². The molecule has 1 aromatic rings. The van der Waals surface area contributed by atoms with Crippen LogP contribution in [0.1, 0.15) is 13.3 Å². The van der Waals surface area contributed by atoms with E-state index in [-0.39, 0.29) is 33.8 Å². The van der Waals surface area contributed by atoms with Crippen molar-refractivity contribution in [2.75, 3.05) is 26.2 Å². The third-order valence-corrected chi connectivity index (χ3v) is 5.12. The SMILES string of the molecule is CCNCCNC(=O)CCNS(=O)(=O)c1c(Cl)cccc1Cl. The van der Waals surface area contributed by atoms with Gasteiger partial charge in [-0.15, -0.1) is 0 Å². The molecule has 0 saturated carbocycles. The molecule has 0 radical (unpaired) electrons. The fraction of sp³-hybridized carbons (Fsp3) is 0.462. The highest BCUT2D eigenvalue weighted by Gasteiger charge is 2.21. The Balaban J connectivity index is 2.48. The Bertz CT molecular complexity index is 588. The van der Waals surface area contributed by atoms with Gasteiger partial charge in [-0.2, -0.15) is 0 Å². The van der Waals surface area contributed by atoms with Crippen LogP contribution in [0.3, 0.4) is 0 Å². The summed E-state index contributed by atoms with van der Waals surface area (Å²) >= 11 is 11.7. The lowest BCUT2D eigenvalue weighted by Crippen LogP contribution is -2.34. The fourth-order valence-corrected chi connectivity index (χ4v) is 3.84. The fourth-order valence-electron chi connectivity index (χ4n) is 1.67. The van der Waals surface area contributed by atoms with Crippen molar-refractivity contribution in [2.24, 2.45) is 0 Å². The summed E-state index contributed by atoms with van der Waals surface area (Å²) in [7, 11) is -3.85. The average molecular weight is 368 g/mol. The van der Waals surface area contributed by atoms with Crippen LogP contribution in [-0.2, 0) is 14.8 Å². The van der Waals surface area contributed by atoms with Gasteiger partial charge >= 0.3 is 0 Å². The van der Waals surface area contributed by atoms with Gasteiger partial charge in [0.25, 0.3) is 0 Å². The normalized spacial score (nSPS) is 11.4. The van der Waals surface area contributed by atoms with Crippen molar-refractivity contribution in [1.82, 2.24) is 15.4 Å². The number of hydrogen-bond donors (Lipinski definition) is 3. The smallest absolute Gasteiger partial charge is 0.243 e. The number of carbonyl (C=O) groups is 1. The van der Waals surface area contributed by atoms with E-state index in [4.69, 9.17) is 23.2 Å². The molecule has 0 heterocycles. The van der Waals surface area contributed by atoms with Crippen LogP contribution < -0.4 is 15.4 Å². The van der Waals surface area contributed by atoms with Crippen LogP contribution >= 0.6 is 23.2 Å². The molecule has 0 aliphatic carbocycles. The van der Waals surface area contributed by atoms with Crippen LogP contribution in [0.25, 0.3) is 0 Å². The number of amides is 1. The highest BCUT2D eigenvalue weighted by atomic mass is 35.5. The van der Waals surface area contributed by atoms with Crippen molar-refractivity contribution in [2.45, 2.75) is 18.2 Å². The van der Waals surface area contributed by atoms with Gasteiger partial charge in [-0.1, -0.05) is 36.2 Å². The minimum Gasteiger partial charge on any atom is -0.355 e. The molecule has 0 aromatic heterocycles. The van der Waals surface area contributed by atoms with E-state index >= 15 is 0 Å². The minimum absolute atomic E-state index is 0.0308. The molecule has 3 N–H and O–H groups in total. The van der Waals surface area contributed by atoms with E-state index in [0.717, 1.165) is 6.54 Å². The van der Waals surface area contributed by atoms with Crippen LogP contribution in [0, 0.1) is 0 Å². The molecule has 1 amide bonds. The van der Waals surface area contributed by atoms with Crippen molar-refractivity contribution >= 4 is 39.1 Å². The topological polar surface area (TPSA) is 87.3 Å². The maximum absolute atomic E-state index is 12.1. The van der Waals surface area contributed by atoms with E-state index in [0.29, 0.717) is 13.1 Å². The van der Waals surface area contributed by atoms with Gasteiger partial charge in [-0.25, -0.2) is 13.1 Å². The van der Waals surface area contributed by atoms with Crippen molar-refractivity contribution in [1.29, 1.82) is 0 Å². The first-order valence-electron chi connectivity index (χ1n) is 6.79. The predicted octanol–water partition coefficient (Wildman–Crippen LogP) is 1.39. The predicted molar refractivity (Wildman–Crippen MR) is 87.8 cm³/mol. The first kappa shape index (κ1) is 19.2. The first-order valence-corrected chi connectivity index (χ1v) is 9.03. The number of hydrogen-bond acceptors (Lipinski definition) is 4. The standard InChI is InChI=1S/C13H19Cl2N3O3S/c1-2-16-8-9-17-12(19)6-7-18-22(20,21)13-10(14)4-3-5-11(13)15/h3-5,16,18H,2,6-9H2,1H3,(H,17,19). The van der Waals surface area contributed by atoms with Crippen LogP contribution in [0.15, 0.2) is 23.1 Å². The number of rotatable bonds is 9. The average Bonchev–Trinajstić information content (AvgIpc) is 2.43. The second-order valence-corrected chi connectivity index (χ2v) is 6.92. The molecule has 1 rings (SSSR count). The van der Waals surface area contributed by atoms with Crippen LogP contribution in [0.4, 0.5) is 0 Å². The van der Waals surface area contributed by atoms with Gasteiger partial charge in [0.05, 0.1) is 10.0 Å². The van der Waals surface area contributed by atoms with Gasteiger partial charge in [-0.05, 0) is 18.7 Å². The summed E-state index contributed by atoms with van der Waals surface area (Å²) in [6.07, 6.45) is 0.0351. The van der Waals surface area contributed by atoms with Crippen LogP contribution in [0.5, 0.6) is 0 Å². The molecular formula is C13H19Cl2N3O3S. The van der Waals surface area contributed by atoms with Gasteiger partial charge in [0, 0.05) is 26.1 Å². The van der Waals surface area contributed by atoms with E-state index in [9.17, 15) is 13.2 Å². The quantitative estimate of drug-likeness (QED) is 0.575. The Kier molecular flexibility index (Phi) is 8.13. The van der Waals surface area contributed by atoms with Gasteiger partial charge in [0.2, 0.25) is 15.9 Å². The molecule has 0 aliphatic heterocycles. The van der Waals surface area contributed by atoms with Gasteiger partial charge in [-0.3, -0.25) is 4.79 Å². The van der Waals surface area contributed by atoms with Crippen molar-refractivity contribution < 1.29 is 13.2 Å². The van der Waals surface area contributed by atoms with Crippen LogP contribution in [0.2, 0.25) is 10.0 Å². The summed E-state index contributed by atoms with van der Waals surface area (Å²) in [5.41, 5.74) is 0. The third-order valence-electron chi connectivity index (χ3n) is 2.71. The lowest BCUT2D eigenvalue weighted by atomic mass is 10.4. The summed E-state index contributed by atoms with van der Waals surface area (Å²) in [6.45, 7) is 3.93. The maximum Gasteiger partial charge on any atom is 0.243 e. The summed E-state index contributed by atoms with van der Waals surface area (Å²) < 4.78 is 26.6. The second kappa shape index (κ2) is 9.32. The molecule has 6 nitrogen and oxygen atoms in total. The number of carbonyl (C=O) groups excluding carboxylic acids is 1. The molecule has 0 aliphatic rings. The van der Waals surface area contributed by atoms with E-state index in [1.807, 2.05) is 6.92 Å². The highest BCUT2D eigenvalue weighted by molar-refractivity contribution is 7.89. The monoisotopic (exact) mass is 367 g/mol. The highest BCUT2D eigenvalue weighted by Crippen LogP contribution is 2.28. The molecule has 0 spiro atoms. The lowest BCUT2D eigenvalue weighted by molar-refractivity contribution is -0.120. The number of nitrogens with one attached hydrogen (secondary N) is 3. The number of halogens is 2. The molecule has 0 unspecified atom stereocenters. The zero-order chi connectivity index (χ0) is 16.6. The Hall–Kier alpha value is -0.860. The third kappa shape index (κ3) is 6.10. The van der Waals surface area contributed by atoms with Crippen LogP contribution in [-0.4, -0.2) is 40.5 Å². The molecule has 1 aromatic carbocycles. The number of sulfonamides is 1. The molecule has 0 atom stereocenters. The molecule has 22 heavy (non-hydrogen) atoms. The summed E-state index contributed by atoms with van der Waals surface area (Å²) in [5.74, 6) is -0.231. The summed E-state index contributed by atoms with van der Waals surface area (Å²) in [5, 5.41) is 5.81. The zero-order valence-electron chi connectivity index (χ0n) is 12.2. The molecule has 0 bridgehead atoms. The van der Waals surface area contributed by atoms with Gasteiger partial charge < -0.3 is 10.6 Å². The lowest BCUT2D eigenvalue weighted by Gasteiger charge is -2.10. The van der Waals surface area contributed by atoms with Gasteiger partial charge in [0.15, 0.2) is 0 Å². The molecule has 0 saturated heterocycles. The molecule has 9 heteroatoms. The van der Waals surface area contributed by atoms with E-state index in [1.165, 1.54) is 12.1 Å². The van der Waals surface area contributed by atoms with Crippen molar-refractivity contribution in [3.8, 4) is 0 Å². The largest absolute Gasteiger partial charge is 0.355 e. The van der Waals surface area contributed by atoms with E-state index in [2.05, 4.69) is 15.4 Å². The Morgan fingerprint density at radius 2 is 1.77 bits per heavy atom. The Morgan fingerprint density at radius 3 is 2.36 bits per heavy atom.